The van der Waals surface area contributed by atoms with E-state index in [9.17, 15) is 0 Å². The summed E-state index contributed by atoms with van der Waals surface area (Å²) in [6, 6.07) is 0. The first-order chi connectivity index (χ1) is 8.33. The highest BCUT2D eigenvalue weighted by molar-refractivity contribution is 4.68. The molecule has 3 nitrogen and oxygen atoms in total. The van der Waals surface area contributed by atoms with Crippen LogP contribution in [0.2, 0.25) is 0 Å². The fourth-order valence-corrected chi connectivity index (χ4v) is 2.35. The molecule has 1 aliphatic heterocycles. The fourth-order valence-electron chi connectivity index (χ4n) is 2.35. The highest BCUT2D eigenvalue weighted by Crippen LogP contribution is 2.15. The van der Waals surface area contributed by atoms with Gasteiger partial charge in [-0.2, -0.15) is 0 Å². The van der Waals surface area contributed by atoms with Gasteiger partial charge in [-0.15, -0.1) is 0 Å². The Kier molecular flexibility index (Phi) is 8.67. The Hall–Kier alpha value is -0.120. The molecular formula is C14H30N2O. The molecule has 0 bridgehead atoms. The molecule has 1 rings (SSSR count). The highest BCUT2D eigenvalue weighted by Gasteiger charge is 2.12. The molecule has 1 unspecified atom stereocenters. The van der Waals surface area contributed by atoms with Crippen molar-refractivity contribution in [2.24, 2.45) is 5.92 Å². The van der Waals surface area contributed by atoms with Crippen LogP contribution in [0.5, 0.6) is 0 Å². The largest absolute Gasteiger partial charge is 0.382 e. The van der Waals surface area contributed by atoms with Gasteiger partial charge in [0.25, 0.3) is 0 Å². The van der Waals surface area contributed by atoms with Gasteiger partial charge >= 0.3 is 0 Å². The Morgan fingerprint density at radius 2 is 2.12 bits per heavy atom. The molecule has 0 aromatic heterocycles. The van der Waals surface area contributed by atoms with E-state index in [0.29, 0.717) is 0 Å². The van der Waals surface area contributed by atoms with E-state index in [4.69, 9.17) is 4.74 Å². The first-order valence-electron chi connectivity index (χ1n) is 7.33. The molecule has 102 valence electrons. The van der Waals surface area contributed by atoms with Gasteiger partial charge in [0.05, 0.1) is 0 Å². The molecule has 0 radical (unpaired) electrons. The molecule has 3 heteroatoms. The van der Waals surface area contributed by atoms with Crippen molar-refractivity contribution in [1.82, 2.24) is 10.2 Å². The minimum atomic E-state index is 0.839. The van der Waals surface area contributed by atoms with Crippen LogP contribution in [0.15, 0.2) is 0 Å². The second-order valence-electron chi connectivity index (χ2n) is 5.18. The van der Waals surface area contributed by atoms with Crippen LogP contribution in [0.25, 0.3) is 0 Å². The second kappa shape index (κ2) is 9.86. The van der Waals surface area contributed by atoms with Gasteiger partial charge in [-0.1, -0.05) is 6.92 Å². The monoisotopic (exact) mass is 242 g/mol. The summed E-state index contributed by atoms with van der Waals surface area (Å²) in [7, 11) is 0. The topological polar surface area (TPSA) is 24.5 Å². The fraction of sp³-hybridized carbons (Fsp3) is 1.00. The third-order valence-electron chi connectivity index (χ3n) is 3.56. The van der Waals surface area contributed by atoms with Gasteiger partial charge in [-0.25, -0.2) is 0 Å². The van der Waals surface area contributed by atoms with Crippen LogP contribution in [0.1, 0.15) is 39.5 Å². The number of rotatable bonds is 8. The number of nitrogens with one attached hydrogen (secondary N) is 1. The van der Waals surface area contributed by atoms with E-state index in [1.807, 2.05) is 6.92 Å². The van der Waals surface area contributed by atoms with Crippen molar-refractivity contribution in [2.45, 2.75) is 39.5 Å². The second-order valence-corrected chi connectivity index (χ2v) is 5.18. The van der Waals surface area contributed by atoms with Crippen LogP contribution in [0.4, 0.5) is 0 Å². The Balaban J connectivity index is 1.91. The van der Waals surface area contributed by atoms with E-state index in [-0.39, 0.29) is 0 Å². The van der Waals surface area contributed by atoms with Crippen LogP contribution < -0.4 is 5.32 Å². The Labute approximate surface area is 107 Å². The average molecular weight is 242 g/mol. The van der Waals surface area contributed by atoms with Gasteiger partial charge in [0.1, 0.15) is 0 Å². The quantitative estimate of drug-likeness (QED) is 0.660. The Morgan fingerprint density at radius 1 is 1.24 bits per heavy atom. The van der Waals surface area contributed by atoms with Crippen molar-refractivity contribution >= 4 is 0 Å². The summed E-state index contributed by atoms with van der Waals surface area (Å²) in [5, 5.41) is 3.50. The lowest BCUT2D eigenvalue weighted by Gasteiger charge is -2.20. The Bertz CT molecular complexity index is 176. The molecule has 0 aliphatic carbocycles. The molecule has 1 heterocycles. The first-order valence-corrected chi connectivity index (χ1v) is 7.33. The van der Waals surface area contributed by atoms with Gasteiger partial charge in [-0.05, 0) is 58.2 Å². The first kappa shape index (κ1) is 14.9. The summed E-state index contributed by atoms with van der Waals surface area (Å²) in [4.78, 5) is 2.61. The summed E-state index contributed by atoms with van der Waals surface area (Å²) >= 11 is 0. The van der Waals surface area contributed by atoms with Crippen molar-refractivity contribution in [1.29, 1.82) is 0 Å². The number of hydrogen-bond acceptors (Lipinski definition) is 3. The van der Waals surface area contributed by atoms with E-state index in [1.54, 1.807) is 0 Å². The number of likely N-dealkylation sites (tertiary alicyclic amines) is 1. The van der Waals surface area contributed by atoms with Crippen molar-refractivity contribution < 1.29 is 4.74 Å². The predicted molar refractivity (Wildman–Crippen MR) is 73.4 cm³/mol. The van der Waals surface area contributed by atoms with Crippen LogP contribution in [0, 0.1) is 5.92 Å². The molecule has 0 amide bonds. The summed E-state index contributed by atoms with van der Waals surface area (Å²) in [5.74, 6) is 0.930. The molecule has 1 N–H and O–H groups in total. The maximum atomic E-state index is 5.31. The predicted octanol–water partition coefficient (Wildman–Crippen LogP) is 2.12. The zero-order valence-electron chi connectivity index (χ0n) is 11.7. The molecule has 0 aromatic rings. The van der Waals surface area contributed by atoms with E-state index in [2.05, 4.69) is 17.1 Å². The van der Waals surface area contributed by atoms with Gasteiger partial charge in [-0.3, -0.25) is 0 Å². The standard InChI is InChI=1S/C14H30N2O/c1-3-17-13-5-8-15-9-12-16-10-4-6-14(2)7-11-16/h14-15H,3-13H2,1-2H3. The molecule has 0 aromatic carbocycles. The van der Waals surface area contributed by atoms with Crippen molar-refractivity contribution in [3.8, 4) is 0 Å². The molecule has 1 saturated heterocycles. The number of ether oxygens (including phenoxy) is 1. The molecule has 1 fully saturated rings. The summed E-state index contributed by atoms with van der Waals surface area (Å²) in [5.41, 5.74) is 0. The third-order valence-corrected chi connectivity index (χ3v) is 3.56. The van der Waals surface area contributed by atoms with E-state index in [1.165, 1.54) is 38.9 Å². The molecule has 1 aliphatic rings. The maximum absolute atomic E-state index is 5.31. The molecule has 17 heavy (non-hydrogen) atoms. The summed E-state index contributed by atoms with van der Waals surface area (Å²) in [6.07, 6.45) is 5.30. The van der Waals surface area contributed by atoms with Crippen LogP contribution in [0.3, 0.4) is 0 Å². The van der Waals surface area contributed by atoms with Crippen LogP contribution in [-0.2, 0) is 4.74 Å². The third kappa shape index (κ3) is 7.74. The van der Waals surface area contributed by atoms with Crippen molar-refractivity contribution in [2.75, 3.05) is 45.9 Å². The number of nitrogens with zero attached hydrogens (tertiary/aromatic N) is 1. The van der Waals surface area contributed by atoms with Crippen molar-refractivity contribution in [3.05, 3.63) is 0 Å². The normalized spacial score (nSPS) is 22.6. The zero-order valence-corrected chi connectivity index (χ0v) is 11.7. The van der Waals surface area contributed by atoms with Crippen molar-refractivity contribution in [3.63, 3.8) is 0 Å². The highest BCUT2D eigenvalue weighted by atomic mass is 16.5. The minimum Gasteiger partial charge on any atom is -0.382 e. The Morgan fingerprint density at radius 3 is 2.94 bits per heavy atom. The summed E-state index contributed by atoms with van der Waals surface area (Å²) in [6.45, 7) is 12.2. The molecular weight excluding hydrogens is 212 g/mol. The lowest BCUT2D eigenvalue weighted by Crippen LogP contribution is -2.33. The van der Waals surface area contributed by atoms with Crippen LogP contribution >= 0.6 is 0 Å². The van der Waals surface area contributed by atoms with E-state index in [0.717, 1.165) is 38.6 Å². The SMILES string of the molecule is CCOCCCNCCN1CCCC(C)CC1. The lowest BCUT2D eigenvalue weighted by molar-refractivity contribution is 0.144. The van der Waals surface area contributed by atoms with Crippen LogP contribution in [-0.4, -0.2) is 50.8 Å². The maximum Gasteiger partial charge on any atom is 0.0477 e. The zero-order chi connectivity index (χ0) is 12.3. The smallest absolute Gasteiger partial charge is 0.0477 e. The molecule has 1 atom stereocenters. The van der Waals surface area contributed by atoms with Gasteiger partial charge in [0.2, 0.25) is 0 Å². The van der Waals surface area contributed by atoms with Gasteiger partial charge in [0, 0.05) is 26.3 Å². The molecule has 0 spiro atoms. The average Bonchev–Trinajstić information content (AvgIpc) is 2.53. The minimum absolute atomic E-state index is 0.839. The van der Waals surface area contributed by atoms with E-state index < -0.39 is 0 Å². The summed E-state index contributed by atoms with van der Waals surface area (Å²) < 4.78 is 5.31. The molecule has 0 saturated carbocycles. The van der Waals surface area contributed by atoms with Gasteiger partial charge in [0.15, 0.2) is 0 Å². The lowest BCUT2D eigenvalue weighted by atomic mass is 10.0. The van der Waals surface area contributed by atoms with Gasteiger partial charge < -0.3 is 15.0 Å². The number of hydrogen-bond donors (Lipinski definition) is 1. The van der Waals surface area contributed by atoms with E-state index >= 15 is 0 Å².